The molecule has 56 heavy (non-hydrogen) atoms. The largest absolute Gasteiger partial charge is 0.490 e. The number of carbonyl (C=O) groups is 2. The second-order valence-corrected chi connectivity index (χ2v) is 15.8. The first kappa shape index (κ1) is 45.1. The molecule has 0 radical (unpaired) electrons. The van der Waals surface area contributed by atoms with Crippen LogP contribution >= 0.6 is 0 Å². The zero-order chi connectivity index (χ0) is 39.8. The summed E-state index contributed by atoms with van der Waals surface area (Å²) in [4.78, 5) is 25.7. The monoisotopic (exact) mass is 775 g/mol. The first-order valence-electron chi connectivity index (χ1n) is 21.6. The SMILES string of the molecule is CCCCC[C@H]1CC[C@H](/C=C/COc2ccc(CO[C@@H](C(=O)OC)[C@@H](OCc3ccc(OC/C=C/[C@H]4CC[C@H](CCCCC)CC4)cc3)C(=O)OC)cc2)CC1. The molecule has 2 atom stereocenters. The lowest BCUT2D eigenvalue weighted by molar-refractivity contribution is -0.182. The van der Waals surface area contributed by atoms with Crippen molar-refractivity contribution in [2.24, 2.45) is 23.7 Å². The van der Waals surface area contributed by atoms with Gasteiger partial charge in [0.15, 0.2) is 12.2 Å². The second kappa shape index (κ2) is 26.3. The van der Waals surface area contributed by atoms with Gasteiger partial charge in [-0.3, -0.25) is 0 Å². The molecule has 8 heteroatoms. The predicted molar refractivity (Wildman–Crippen MR) is 223 cm³/mol. The van der Waals surface area contributed by atoms with Crippen LogP contribution in [-0.4, -0.2) is 51.6 Å². The van der Waals surface area contributed by atoms with Gasteiger partial charge in [0.05, 0.1) is 27.4 Å². The Morgan fingerprint density at radius 2 is 0.946 bits per heavy atom. The van der Waals surface area contributed by atoms with Gasteiger partial charge in [-0.15, -0.1) is 0 Å². The Morgan fingerprint density at radius 1 is 0.571 bits per heavy atom. The summed E-state index contributed by atoms with van der Waals surface area (Å²) in [7, 11) is 2.50. The molecule has 0 bridgehead atoms. The number of ether oxygens (including phenoxy) is 6. The summed E-state index contributed by atoms with van der Waals surface area (Å²) in [6.07, 6.45) is 27.6. The fourth-order valence-electron chi connectivity index (χ4n) is 8.02. The third kappa shape index (κ3) is 16.5. The lowest BCUT2D eigenvalue weighted by Crippen LogP contribution is -2.44. The number of rotatable bonds is 25. The number of unbranched alkanes of at least 4 members (excludes halogenated alkanes) is 4. The molecule has 4 rings (SSSR count). The number of carbonyl (C=O) groups excluding carboxylic acids is 2. The molecular weight excluding hydrogens is 705 g/mol. The van der Waals surface area contributed by atoms with E-state index in [1.54, 1.807) is 0 Å². The average Bonchev–Trinajstić information content (AvgIpc) is 3.24. The highest BCUT2D eigenvalue weighted by atomic mass is 16.6. The van der Waals surface area contributed by atoms with Crippen LogP contribution in [0.1, 0.15) is 128 Å². The molecule has 2 fully saturated rings. The van der Waals surface area contributed by atoms with E-state index < -0.39 is 24.1 Å². The molecule has 0 amide bonds. The zero-order valence-electron chi connectivity index (χ0n) is 34.8. The Balaban J connectivity index is 1.18. The van der Waals surface area contributed by atoms with Crippen LogP contribution in [0.3, 0.4) is 0 Å². The Bertz CT molecular complexity index is 1310. The smallest absolute Gasteiger partial charge is 0.338 e. The topological polar surface area (TPSA) is 89.5 Å². The van der Waals surface area contributed by atoms with Gasteiger partial charge >= 0.3 is 11.9 Å². The van der Waals surface area contributed by atoms with Crippen LogP contribution in [0, 0.1) is 23.7 Å². The summed E-state index contributed by atoms with van der Waals surface area (Å²) in [5.41, 5.74) is 1.61. The molecule has 0 saturated heterocycles. The van der Waals surface area contributed by atoms with Crippen LogP contribution in [0.5, 0.6) is 11.5 Å². The van der Waals surface area contributed by atoms with Crippen molar-refractivity contribution in [2.75, 3.05) is 27.4 Å². The summed E-state index contributed by atoms with van der Waals surface area (Å²) in [5, 5.41) is 0. The van der Waals surface area contributed by atoms with E-state index >= 15 is 0 Å². The third-order valence-corrected chi connectivity index (χ3v) is 11.6. The molecule has 2 aliphatic rings. The van der Waals surface area contributed by atoms with Crippen molar-refractivity contribution >= 4 is 11.9 Å². The van der Waals surface area contributed by atoms with Crippen LogP contribution in [0.4, 0.5) is 0 Å². The summed E-state index contributed by atoms with van der Waals surface area (Å²) >= 11 is 0. The number of allylic oxidation sites excluding steroid dienone is 2. The highest BCUT2D eigenvalue weighted by Gasteiger charge is 2.38. The van der Waals surface area contributed by atoms with Gasteiger partial charge in [-0.25, -0.2) is 9.59 Å². The lowest BCUT2D eigenvalue weighted by Gasteiger charge is -2.26. The Morgan fingerprint density at radius 3 is 1.29 bits per heavy atom. The molecule has 0 aliphatic heterocycles. The molecule has 2 aromatic rings. The molecule has 0 spiro atoms. The van der Waals surface area contributed by atoms with Gasteiger partial charge in [0.2, 0.25) is 0 Å². The van der Waals surface area contributed by atoms with Crippen LogP contribution in [0.25, 0.3) is 0 Å². The average molecular weight is 775 g/mol. The van der Waals surface area contributed by atoms with Crippen LogP contribution < -0.4 is 9.47 Å². The standard InChI is InChI=1S/C48H70O8/c1-5-7-9-13-37-17-21-39(22-18-37)15-11-33-53-43-29-25-41(26-30-43)35-55-45(47(49)51-3)46(48(50)52-4)56-36-42-27-31-44(32-28-42)54-34-12-16-40-23-19-38(20-24-40)14-10-8-6-2/h11-12,15-16,25-32,37-40,45-46H,5-10,13-14,17-24,33-36H2,1-4H3/b15-11+,16-12+/t37-,38-,39-,40-,45-,46-/m1/s1. The Kier molecular flexibility index (Phi) is 21.2. The van der Waals surface area contributed by atoms with Crippen molar-refractivity contribution in [1.29, 1.82) is 0 Å². The van der Waals surface area contributed by atoms with E-state index in [1.807, 2.05) is 48.5 Å². The van der Waals surface area contributed by atoms with E-state index in [2.05, 4.69) is 38.2 Å². The highest BCUT2D eigenvalue weighted by Crippen LogP contribution is 2.34. The molecular formula is C48H70O8. The molecule has 0 N–H and O–H groups in total. The van der Waals surface area contributed by atoms with E-state index in [9.17, 15) is 9.59 Å². The quantitative estimate of drug-likeness (QED) is 0.0560. The van der Waals surface area contributed by atoms with Gasteiger partial charge in [-0.2, -0.15) is 0 Å². The fraction of sp³-hybridized carbons (Fsp3) is 0.625. The van der Waals surface area contributed by atoms with Crippen LogP contribution in [-0.2, 0) is 41.8 Å². The number of benzene rings is 2. The maximum absolute atomic E-state index is 12.8. The summed E-state index contributed by atoms with van der Waals surface area (Å²) in [5.74, 6) is 3.16. The highest BCUT2D eigenvalue weighted by molar-refractivity contribution is 5.85. The van der Waals surface area contributed by atoms with Gasteiger partial charge < -0.3 is 28.4 Å². The van der Waals surface area contributed by atoms with Crippen molar-refractivity contribution < 1.29 is 38.0 Å². The molecule has 2 saturated carbocycles. The van der Waals surface area contributed by atoms with Crippen LogP contribution in [0.15, 0.2) is 72.8 Å². The number of hydrogen-bond acceptors (Lipinski definition) is 8. The van der Waals surface area contributed by atoms with E-state index in [0.29, 0.717) is 25.0 Å². The minimum Gasteiger partial charge on any atom is -0.490 e. The van der Waals surface area contributed by atoms with E-state index in [4.69, 9.17) is 28.4 Å². The fourth-order valence-corrected chi connectivity index (χ4v) is 8.02. The molecule has 0 unspecified atom stereocenters. The maximum atomic E-state index is 12.8. The minimum atomic E-state index is -1.33. The normalized spacial score (nSPS) is 21.1. The minimum absolute atomic E-state index is 0.0543. The Labute approximate surface area is 337 Å². The molecule has 0 aromatic heterocycles. The van der Waals surface area contributed by atoms with Crippen molar-refractivity contribution in [3.8, 4) is 11.5 Å². The number of hydrogen-bond donors (Lipinski definition) is 0. The van der Waals surface area contributed by atoms with Crippen LogP contribution in [0.2, 0.25) is 0 Å². The van der Waals surface area contributed by atoms with E-state index in [-0.39, 0.29) is 13.2 Å². The van der Waals surface area contributed by atoms with Gasteiger partial charge in [-0.05, 0) is 110 Å². The maximum Gasteiger partial charge on any atom is 0.338 e. The van der Waals surface area contributed by atoms with Gasteiger partial charge in [-0.1, -0.05) is 114 Å². The van der Waals surface area contributed by atoms with E-state index in [0.717, 1.165) is 34.5 Å². The van der Waals surface area contributed by atoms with Gasteiger partial charge in [0.25, 0.3) is 0 Å². The van der Waals surface area contributed by atoms with Crippen molar-refractivity contribution in [1.82, 2.24) is 0 Å². The molecule has 0 heterocycles. The predicted octanol–water partition coefficient (Wildman–Crippen LogP) is 11.1. The second-order valence-electron chi connectivity index (χ2n) is 15.8. The molecule has 310 valence electrons. The summed E-state index contributed by atoms with van der Waals surface area (Å²) < 4.78 is 33.8. The third-order valence-electron chi connectivity index (χ3n) is 11.6. The van der Waals surface area contributed by atoms with Crippen molar-refractivity contribution in [3.05, 3.63) is 84.0 Å². The van der Waals surface area contributed by atoms with Gasteiger partial charge in [0, 0.05) is 0 Å². The van der Waals surface area contributed by atoms with Crippen molar-refractivity contribution in [3.63, 3.8) is 0 Å². The van der Waals surface area contributed by atoms with Gasteiger partial charge in [0.1, 0.15) is 24.7 Å². The van der Waals surface area contributed by atoms with Crippen molar-refractivity contribution in [2.45, 2.75) is 142 Å². The first-order chi connectivity index (χ1) is 27.4. The Hall–Kier alpha value is -3.62. The summed E-state index contributed by atoms with van der Waals surface area (Å²) in [6, 6.07) is 15.0. The lowest BCUT2D eigenvalue weighted by atomic mass is 9.79. The zero-order valence-corrected chi connectivity index (χ0v) is 34.8. The molecule has 2 aliphatic carbocycles. The number of methoxy groups -OCH3 is 2. The first-order valence-corrected chi connectivity index (χ1v) is 21.6. The molecule has 2 aromatic carbocycles. The number of esters is 2. The summed E-state index contributed by atoms with van der Waals surface area (Å²) in [6.45, 7) is 5.68. The van der Waals surface area contributed by atoms with E-state index in [1.165, 1.54) is 117 Å². The molecule has 8 nitrogen and oxygen atoms in total.